The van der Waals surface area contributed by atoms with Gasteiger partial charge in [-0.3, -0.25) is 0 Å². The molecular weight excluding hydrogens is 140 g/mol. The molecule has 2 N–H and O–H groups in total. The molecule has 0 aromatic rings. The highest BCUT2D eigenvalue weighted by Gasteiger charge is 2.15. The lowest BCUT2D eigenvalue weighted by molar-refractivity contribution is 0.0641. The minimum atomic E-state index is -0.610. The van der Waals surface area contributed by atoms with Gasteiger partial charge in [-0.2, -0.15) is 0 Å². The van der Waals surface area contributed by atoms with Gasteiger partial charge in [0.05, 0.1) is 12.7 Å². The molecule has 0 saturated carbocycles. The second kappa shape index (κ2) is 5.33. The van der Waals surface area contributed by atoms with Crippen LogP contribution >= 0.6 is 0 Å². The third-order valence-corrected chi connectivity index (χ3v) is 2.13. The maximum atomic E-state index is 9.27. The van der Waals surface area contributed by atoms with E-state index in [0.717, 1.165) is 6.42 Å². The van der Waals surface area contributed by atoms with Crippen molar-refractivity contribution in [2.24, 2.45) is 5.92 Å². The molecule has 0 heterocycles. The summed E-state index contributed by atoms with van der Waals surface area (Å²) in [7, 11) is 0. The van der Waals surface area contributed by atoms with Crippen LogP contribution in [-0.4, -0.2) is 22.9 Å². The van der Waals surface area contributed by atoms with Gasteiger partial charge in [0.15, 0.2) is 0 Å². The van der Waals surface area contributed by atoms with Gasteiger partial charge in [-0.15, -0.1) is 0 Å². The van der Waals surface area contributed by atoms with Crippen molar-refractivity contribution in [3.05, 3.63) is 11.6 Å². The van der Waals surface area contributed by atoms with Crippen molar-refractivity contribution in [2.75, 3.05) is 6.61 Å². The van der Waals surface area contributed by atoms with Gasteiger partial charge in [0, 0.05) is 5.92 Å². The average Bonchev–Trinajstić information content (AvgIpc) is 2.05. The maximum absolute atomic E-state index is 9.27. The van der Waals surface area contributed by atoms with Crippen molar-refractivity contribution in [3.8, 4) is 0 Å². The molecule has 0 radical (unpaired) electrons. The molecular formula is C9H18O2. The van der Waals surface area contributed by atoms with E-state index in [1.807, 2.05) is 19.9 Å². The van der Waals surface area contributed by atoms with Gasteiger partial charge in [0.1, 0.15) is 0 Å². The lowest BCUT2D eigenvalue weighted by atomic mass is 9.93. The van der Waals surface area contributed by atoms with E-state index in [2.05, 4.69) is 6.92 Å². The first kappa shape index (κ1) is 10.7. The fourth-order valence-corrected chi connectivity index (χ4v) is 1.19. The van der Waals surface area contributed by atoms with Gasteiger partial charge < -0.3 is 10.2 Å². The Bertz CT molecular complexity index is 130. The molecule has 0 aliphatic rings. The first-order valence-electron chi connectivity index (χ1n) is 4.11. The summed E-state index contributed by atoms with van der Waals surface area (Å²) in [6.45, 7) is 5.79. The van der Waals surface area contributed by atoms with Crippen LogP contribution in [-0.2, 0) is 0 Å². The zero-order valence-electron chi connectivity index (χ0n) is 7.54. The first-order valence-corrected chi connectivity index (χ1v) is 4.11. The highest BCUT2D eigenvalue weighted by atomic mass is 16.3. The van der Waals surface area contributed by atoms with Crippen LogP contribution < -0.4 is 0 Å². The van der Waals surface area contributed by atoms with Crippen molar-refractivity contribution in [2.45, 2.75) is 33.3 Å². The van der Waals surface area contributed by atoms with Crippen LogP contribution in [0.3, 0.4) is 0 Å². The van der Waals surface area contributed by atoms with Crippen LogP contribution in [0.2, 0.25) is 0 Å². The molecule has 66 valence electrons. The lowest BCUT2D eigenvalue weighted by Crippen LogP contribution is -2.23. The second-order valence-corrected chi connectivity index (χ2v) is 2.76. The third-order valence-electron chi connectivity index (χ3n) is 2.13. The summed E-state index contributed by atoms with van der Waals surface area (Å²) in [6.07, 6.45) is 2.33. The molecule has 0 aliphatic carbocycles. The summed E-state index contributed by atoms with van der Waals surface area (Å²) in [6, 6.07) is 0. The van der Waals surface area contributed by atoms with E-state index in [0.29, 0.717) is 0 Å². The van der Waals surface area contributed by atoms with Crippen LogP contribution in [0.15, 0.2) is 11.6 Å². The zero-order valence-corrected chi connectivity index (χ0v) is 7.54. The van der Waals surface area contributed by atoms with E-state index in [9.17, 15) is 5.11 Å². The number of aliphatic hydroxyl groups is 2. The van der Waals surface area contributed by atoms with Gasteiger partial charge in [-0.05, 0) is 13.3 Å². The molecule has 11 heavy (non-hydrogen) atoms. The molecule has 2 heteroatoms. The molecule has 2 atom stereocenters. The predicted molar refractivity (Wildman–Crippen MR) is 46.3 cm³/mol. The smallest absolute Gasteiger partial charge is 0.0833 e. The quantitative estimate of drug-likeness (QED) is 0.606. The maximum Gasteiger partial charge on any atom is 0.0833 e. The number of hydrogen-bond acceptors (Lipinski definition) is 2. The molecule has 0 rings (SSSR count). The zero-order chi connectivity index (χ0) is 8.85. The van der Waals surface area contributed by atoms with E-state index < -0.39 is 6.10 Å². The van der Waals surface area contributed by atoms with Crippen molar-refractivity contribution in [1.82, 2.24) is 0 Å². The number of hydrogen-bond donors (Lipinski definition) is 2. The molecule has 0 aliphatic heterocycles. The number of rotatable bonds is 4. The largest absolute Gasteiger partial charge is 0.394 e. The van der Waals surface area contributed by atoms with Crippen LogP contribution in [0, 0.1) is 5.92 Å². The highest BCUT2D eigenvalue weighted by molar-refractivity contribution is 5.05. The Morgan fingerprint density at radius 3 is 2.36 bits per heavy atom. The Kier molecular flexibility index (Phi) is 5.16. The van der Waals surface area contributed by atoms with Crippen LogP contribution in [0.1, 0.15) is 27.2 Å². The van der Waals surface area contributed by atoms with Crippen molar-refractivity contribution in [1.29, 1.82) is 0 Å². The van der Waals surface area contributed by atoms with Crippen LogP contribution in [0.4, 0.5) is 0 Å². The Hall–Kier alpha value is -0.340. The lowest BCUT2D eigenvalue weighted by Gasteiger charge is -2.18. The highest BCUT2D eigenvalue weighted by Crippen LogP contribution is 2.17. The normalized spacial score (nSPS) is 18.1. The molecule has 0 aromatic carbocycles. The topological polar surface area (TPSA) is 40.5 Å². The number of aliphatic hydroxyl groups excluding tert-OH is 2. The third kappa shape index (κ3) is 3.04. The van der Waals surface area contributed by atoms with E-state index >= 15 is 0 Å². The minimum absolute atomic E-state index is 0.0787. The minimum Gasteiger partial charge on any atom is -0.394 e. The van der Waals surface area contributed by atoms with Gasteiger partial charge in [0.25, 0.3) is 0 Å². The molecule has 0 fully saturated rings. The summed E-state index contributed by atoms with van der Waals surface area (Å²) in [4.78, 5) is 0. The summed E-state index contributed by atoms with van der Waals surface area (Å²) < 4.78 is 0. The van der Waals surface area contributed by atoms with Crippen molar-refractivity contribution >= 4 is 0 Å². The summed E-state index contributed by atoms with van der Waals surface area (Å²) in [5.74, 6) is 0.0787. The monoisotopic (exact) mass is 158 g/mol. The fraction of sp³-hybridized carbons (Fsp3) is 0.778. The van der Waals surface area contributed by atoms with Crippen molar-refractivity contribution < 1.29 is 10.2 Å². The van der Waals surface area contributed by atoms with Gasteiger partial charge in [-0.1, -0.05) is 25.5 Å². The SMILES string of the molecule is CC=C(CC)C(C)C(O)CO. The Balaban J connectivity index is 4.09. The van der Waals surface area contributed by atoms with Gasteiger partial charge in [-0.25, -0.2) is 0 Å². The second-order valence-electron chi connectivity index (χ2n) is 2.76. The van der Waals surface area contributed by atoms with E-state index in [1.54, 1.807) is 0 Å². The van der Waals surface area contributed by atoms with Gasteiger partial charge >= 0.3 is 0 Å². The molecule has 0 bridgehead atoms. The van der Waals surface area contributed by atoms with Crippen LogP contribution in [0.5, 0.6) is 0 Å². The predicted octanol–water partition coefficient (Wildman–Crippen LogP) is 1.33. The Labute approximate surface area is 68.6 Å². The summed E-state index contributed by atoms with van der Waals surface area (Å²) in [5.41, 5.74) is 1.20. The summed E-state index contributed by atoms with van der Waals surface area (Å²) in [5, 5.41) is 17.9. The first-order chi connectivity index (χ1) is 5.17. The fourth-order valence-electron chi connectivity index (χ4n) is 1.19. The van der Waals surface area contributed by atoms with Gasteiger partial charge in [0.2, 0.25) is 0 Å². The molecule has 0 saturated heterocycles. The molecule has 0 spiro atoms. The van der Waals surface area contributed by atoms with E-state index in [1.165, 1.54) is 5.57 Å². The standard InChI is InChI=1S/C9H18O2/c1-4-8(5-2)7(3)9(11)6-10/h4,7,9-11H,5-6H2,1-3H3. The Morgan fingerprint density at radius 2 is 2.09 bits per heavy atom. The summed E-state index contributed by atoms with van der Waals surface area (Å²) >= 11 is 0. The molecule has 0 aromatic heterocycles. The average molecular weight is 158 g/mol. The van der Waals surface area contributed by atoms with E-state index in [-0.39, 0.29) is 12.5 Å². The van der Waals surface area contributed by atoms with Crippen molar-refractivity contribution in [3.63, 3.8) is 0 Å². The number of allylic oxidation sites excluding steroid dienone is 1. The van der Waals surface area contributed by atoms with E-state index in [4.69, 9.17) is 5.11 Å². The molecule has 0 amide bonds. The molecule has 2 unspecified atom stereocenters. The Morgan fingerprint density at radius 1 is 1.55 bits per heavy atom. The molecule has 2 nitrogen and oxygen atoms in total. The van der Waals surface area contributed by atoms with Crippen LogP contribution in [0.25, 0.3) is 0 Å².